The summed E-state index contributed by atoms with van der Waals surface area (Å²) in [6, 6.07) is 3.36. The van der Waals surface area contributed by atoms with Gasteiger partial charge in [0.2, 0.25) is 5.91 Å². The van der Waals surface area contributed by atoms with Gasteiger partial charge in [-0.05, 0) is 31.0 Å². The van der Waals surface area contributed by atoms with Crippen molar-refractivity contribution >= 4 is 17.6 Å². The largest absolute Gasteiger partial charge is 0.478 e. The first-order chi connectivity index (χ1) is 8.54. The lowest BCUT2D eigenvalue weighted by Gasteiger charge is -2.06. The number of nitrogens with one attached hydrogen (secondary N) is 1. The van der Waals surface area contributed by atoms with Gasteiger partial charge in [0.1, 0.15) is 5.82 Å². The number of aliphatic hydroxyl groups is 1. The molecule has 6 heteroatoms. The van der Waals surface area contributed by atoms with Crippen molar-refractivity contribution in [3.8, 4) is 0 Å². The second-order valence-electron chi connectivity index (χ2n) is 3.73. The molecule has 0 radical (unpaired) electrons. The summed E-state index contributed by atoms with van der Waals surface area (Å²) < 4.78 is 13.1. The number of aromatic carboxylic acids is 1. The Hall–Kier alpha value is -1.95. The van der Waals surface area contributed by atoms with Gasteiger partial charge in [-0.3, -0.25) is 4.79 Å². The van der Waals surface area contributed by atoms with E-state index in [-0.39, 0.29) is 24.6 Å². The first-order valence-corrected chi connectivity index (χ1v) is 5.48. The Morgan fingerprint density at radius 1 is 1.28 bits per heavy atom. The molecule has 1 rings (SSSR count). The first kappa shape index (κ1) is 14.1. The van der Waals surface area contributed by atoms with Crippen LogP contribution in [0, 0.1) is 5.82 Å². The molecule has 0 bridgehead atoms. The fraction of sp³-hybridized carbons (Fsp3) is 0.333. The van der Waals surface area contributed by atoms with Gasteiger partial charge in [-0.25, -0.2) is 9.18 Å². The Morgan fingerprint density at radius 2 is 2.00 bits per heavy atom. The molecular weight excluding hydrogens is 241 g/mol. The summed E-state index contributed by atoms with van der Waals surface area (Å²) >= 11 is 0. The van der Waals surface area contributed by atoms with Gasteiger partial charge >= 0.3 is 5.97 Å². The van der Waals surface area contributed by atoms with Crippen LogP contribution in [0.5, 0.6) is 0 Å². The number of aliphatic hydroxyl groups excluding tert-OH is 1. The highest BCUT2D eigenvalue weighted by atomic mass is 19.1. The number of carboxylic acid groups (broad SMARTS) is 1. The number of carbonyl (C=O) groups excluding carboxylic acids is 1. The van der Waals surface area contributed by atoms with Crippen molar-refractivity contribution in [1.29, 1.82) is 0 Å². The van der Waals surface area contributed by atoms with E-state index in [1.54, 1.807) is 0 Å². The molecule has 1 aromatic rings. The van der Waals surface area contributed by atoms with Crippen LogP contribution in [0.3, 0.4) is 0 Å². The minimum absolute atomic E-state index is 0.0208. The lowest BCUT2D eigenvalue weighted by atomic mass is 10.2. The first-order valence-electron chi connectivity index (χ1n) is 5.48. The summed E-state index contributed by atoms with van der Waals surface area (Å²) in [6.07, 6.45) is 1.28. The predicted octanol–water partition coefficient (Wildman–Crippen LogP) is 1.62. The van der Waals surface area contributed by atoms with Crippen LogP contribution in [0.4, 0.5) is 10.1 Å². The van der Waals surface area contributed by atoms with E-state index in [4.69, 9.17) is 10.2 Å². The molecule has 0 saturated carbocycles. The monoisotopic (exact) mass is 255 g/mol. The highest BCUT2D eigenvalue weighted by Gasteiger charge is 2.11. The van der Waals surface area contributed by atoms with Crippen molar-refractivity contribution in [2.24, 2.45) is 0 Å². The van der Waals surface area contributed by atoms with Crippen LogP contribution in [-0.2, 0) is 4.79 Å². The third-order valence-corrected chi connectivity index (χ3v) is 2.29. The number of hydrogen-bond acceptors (Lipinski definition) is 3. The van der Waals surface area contributed by atoms with Crippen LogP contribution in [-0.4, -0.2) is 28.7 Å². The van der Waals surface area contributed by atoms with Crippen molar-refractivity contribution in [2.75, 3.05) is 11.9 Å². The molecule has 0 aliphatic carbocycles. The lowest BCUT2D eigenvalue weighted by molar-refractivity contribution is -0.116. The van der Waals surface area contributed by atoms with Crippen LogP contribution in [0.15, 0.2) is 18.2 Å². The fourth-order valence-electron chi connectivity index (χ4n) is 1.39. The third kappa shape index (κ3) is 4.14. The van der Waals surface area contributed by atoms with Gasteiger partial charge < -0.3 is 15.5 Å². The van der Waals surface area contributed by atoms with Gasteiger partial charge in [0.25, 0.3) is 0 Å². The average Bonchev–Trinajstić information content (AvgIpc) is 2.31. The van der Waals surface area contributed by atoms with Gasteiger partial charge in [-0.1, -0.05) is 0 Å². The molecule has 0 atom stereocenters. The van der Waals surface area contributed by atoms with Crippen LogP contribution in [0.25, 0.3) is 0 Å². The number of amides is 1. The summed E-state index contributed by atoms with van der Waals surface area (Å²) in [7, 11) is 0. The summed E-state index contributed by atoms with van der Waals surface area (Å²) in [6.45, 7) is 0.0208. The van der Waals surface area contributed by atoms with E-state index in [0.717, 1.165) is 12.1 Å². The summed E-state index contributed by atoms with van der Waals surface area (Å²) in [5, 5.41) is 19.7. The van der Waals surface area contributed by atoms with Crippen LogP contribution >= 0.6 is 0 Å². The van der Waals surface area contributed by atoms with Crippen molar-refractivity contribution < 1.29 is 24.2 Å². The highest BCUT2D eigenvalue weighted by Crippen LogP contribution is 2.15. The van der Waals surface area contributed by atoms with E-state index in [1.165, 1.54) is 6.07 Å². The van der Waals surface area contributed by atoms with Crippen molar-refractivity contribution in [3.63, 3.8) is 0 Å². The third-order valence-electron chi connectivity index (χ3n) is 2.29. The maximum Gasteiger partial charge on any atom is 0.338 e. The van der Waals surface area contributed by atoms with Gasteiger partial charge in [-0.15, -0.1) is 0 Å². The molecule has 98 valence electrons. The van der Waals surface area contributed by atoms with Crippen molar-refractivity contribution in [1.82, 2.24) is 0 Å². The summed E-state index contributed by atoms with van der Waals surface area (Å²) in [4.78, 5) is 22.1. The van der Waals surface area contributed by atoms with Gasteiger partial charge in [0.15, 0.2) is 0 Å². The zero-order chi connectivity index (χ0) is 13.5. The van der Waals surface area contributed by atoms with Crippen molar-refractivity contribution in [3.05, 3.63) is 29.6 Å². The Bertz CT molecular complexity index is 448. The highest BCUT2D eigenvalue weighted by molar-refractivity contribution is 5.94. The smallest absolute Gasteiger partial charge is 0.338 e. The molecule has 0 aromatic heterocycles. The van der Waals surface area contributed by atoms with Crippen LogP contribution in [0.2, 0.25) is 0 Å². The molecule has 0 fully saturated rings. The summed E-state index contributed by atoms with van der Waals surface area (Å²) in [5.74, 6) is -2.53. The number of carboxylic acids is 1. The lowest BCUT2D eigenvalue weighted by Crippen LogP contribution is -2.12. The number of hydrogen-bond donors (Lipinski definition) is 3. The predicted molar refractivity (Wildman–Crippen MR) is 62.9 cm³/mol. The van der Waals surface area contributed by atoms with Gasteiger partial charge in [-0.2, -0.15) is 0 Å². The second-order valence-corrected chi connectivity index (χ2v) is 3.73. The van der Waals surface area contributed by atoms with E-state index < -0.39 is 17.3 Å². The Morgan fingerprint density at radius 3 is 2.61 bits per heavy atom. The molecule has 0 saturated heterocycles. The van der Waals surface area contributed by atoms with Crippen LogP contribution in [0.1, 0.15) is 29.6 Å². The number of anilines is 1. The Kier molecular flexibility index (Phi) is 5.26. The Balaban J connectivity index is 2.65. The van der Waals surface area contributed by atoms with Crippen LogP contribution < -0.4 is 5.32 Å². The van der Waals surface area contributed by atoms with E-state index in [0.29, 0.717) is 12.8 Å². The number of carbonyl (C=O) groups is 2. The molecule has 0 heterocycles. The molecule has 18 heavy (non-hydrogen) atoms. The maximum absolute atomic E-state index is 13.1. The second kappa shape index (κ2) is 6.70. The normalized spacial score (nSPS) is 10.1. The molecule has 0 unspecified atom stereocenters. The standard InChI is InChI=1S/C12H14FNO4/c13-10-5-4-8(7-9(10)12(17)18)14-11(16)3-1-2-6-15/h4-5,7,15H,1-3,6H2,(H,14,16)(H,17,18). The van der Waals surface area contributed by atoms with Gasteiger partial charge in [0, 0.05) is 18.7 Å². The number of halogens is 1. The molecule has 0 spiro atoms. The zero-order valence-corrected chi connectivity index (χ0v) is 9.65. The Labute approximate surface area is 103 Å². The molecule has 1 aromatic carbocycles. The quantitative estimate of drug-likeness (QED) is 0.674. The molecule has 0 aliphatic heterocycles. The van der Waals surface area contributed by atoms with E-state index in [2.05, 4.69) is 5.32 Å². The van der Waals surface area contributed by atoms with Crippen molar-refractivity contribution in [2.45, 2.75) is 19.3 Å². The SMILES string of the molecule is O=C(CCCCO)Nc1ccc(F)c(C(=O)O)c1. The molecule has 1 amide bonds. The number of unbranched alkanes of at least 4 members (excludes halogenated alkanes) is 1. The zero-order valence-electron chi connectivity index (χ0n) is 9.65. The average molecular weight is 255 g/mol. The van der Waals surface area contributed by atoms with Gasteiger partial charge in [0.05, 0.1) is 5.56 Å². The maximum atomic E-state index is 13.1. The number of benzene rings is 1. The topological polar surface area (TPSA) is 86.6 Å². The molecule has 5 nitrogen and oxygen atoms in total. The minimum atomic E-state index is -1.39. The summed E-state index contributed by atoms with van der Waals surface area (Å²) in [5.41, 5.74) is -0.244. The van der Waals surface area contributed by atoms with E-state index >= 15 is 0 Å². The number of rotatable bonds is 6. The van der Waals surface area contributed by atoms with E-state index in [9.17, 15) is 14.0 Å². The molecule has 0 aliphatic rings. The molecule has 3 N–H and O–H groups in total. The fourth-order valence-corrected chi connectivity index (χ4v) is 1.39. The van der Waals surface area contributed by atoms with E-state index in [1.807, 2.05) is 0 Å². The molecular formula is C12H14FNO4. The minimum Gasteiger partial charge on any atom is -0.478 e.